The van der Waals surface area contributed by atoms with Gasteiger partial charge in [-0.05, 0) is 25.1 Å². The zero-order chi connectivity index (χ0) is 23.3. The van der Waals surface area contributed by atoms with Crippen molar-refractivity contribution in [3.63, 3.8) is 0 Å². The quantitative estimate of drug-likeness (QED) is 0.380. The third-order valence-corrected chi connectivity index (χ3v) is 6.86. The van der Waals surface area contributed by atoms with Crippen molar-refractivity contribution in [2.45, 2.75) is 12.5 Å². The molecule has 0 aliphatic carbocycles. The topological polar surface area (TPSA) is 100 Å². The van der Waals surface area contributed by atoms with Gasteiger partial charge in [0.2, 0.25) is 11.6 Å². The average Bonchev–Trinajstić information content (AvgIpc) is 3.43. The summed E-state index contributed by atoms with van der Waals surface area (Å²) >= 11 is 0. The highest BCUT2D eigenvalue weighted by molar-refractivity contribution is 6.46. The number of Topliss-reactive ketones (excluding diaryl/α,β-unsaturated/α-hetero) is 2. The van der Waals surface area contributed by atoms with Crippen LogP contribution in [0.4, 0.5) is 5.69 Å². The van der Waals surface area contributed by atoms with Gasteiger partial charge in [-0.25, -0.2) is 0 Å². The number of carbonyl (C=O) groups is 4. The highest BCUT2D eigenvalue weighted by Crippen LogP contribution is 2.52. The Morgan fingerprint density at radius 3 is 2.48 bits per heavy atom. The van der Waals surface area contributed by atoms with Crippen molar-refractivity contribution in [1.82, 2.24) is 9.80 Å². The number of amides is 2. The number of likely N-dealkylation sites (N-methyl/N-ethyl adjacent to an activating group) is 1. The predicted molar refractivity (Wildman–Crippen MR) is 117 cm³/mol. The minimum Gasteiger partial charge on any atom is -0.458 e. The van der Waals surface area contributed by atoms with E-state index in [1.165, 1.54) is 15.9 Å². The largest absolute Gasteiger partial charge is 0.458 e. The first-order valence-corrected chi connectivity index (χ1v) is 11.0. The van der Waals surface area contributed by atoms with Gasteiger partial charge in [0.1, 0.15) is 11.7 Å². The molecule has 4 heterocycles. The van der Waals surface area contributed by atoms with Gasteiger partial charge in [-0.15, -0.1) is 0 Å². The van der Waals surface area contributed by atoms with Crippen LogP contribution in [0.2, 0.25) is 0 Å². The lowest BCUT2D eigenvalue weighted by Gasteiger charge is -2.37. The lowest BCUT2D eigenvalue weighted by atomic mass is 9.76. The van der Waals surface area contributed by atoms with Gasteiger partial charge >= 0.3 is 0 Å². The van der Waals surface area contributed by atoms with Crippen LogP contribution in [-0.4, -0.2) is 79.6 Å². The van der Waals surface area contributed by atoms with Crippen LogP contribution < -0.4 is 4.90 Å². The number of carbonyl (C=O) groups excluding carboxylic acids is 4. The van der Waals surface area contributed by atoms with Crippen LogP contribution in [0.3, 0.4) is 0 Å². The van der Waals surface area contributed by atoms with Crippen LogP contribution in [0, 0.1) is 12.8 Å². The molecule has 172 valence electrons. The molecule has 2 amide bonds. The van der Waals surface area contributed by atoms with Crippen molar-refractivity contribution in [3.8, 4) is 0 Å². The zero-order valence-electron chi connectivity index (χ0n) is 18.6. The van der Waals surface area contributed by atoms with E-state index in [-0.39, 0.29) is 12.3 Å². The Balaban J connectivity index is 1.63. The molecule has 2 atom stereocenters. The molecule has 2 aromatic rings. The van der Waals surface area contributed by atoms with Gasteiger partial charge in [0.05, 0.1) is 13.2 Å². The number of ether oxygens (including phenoxy) is 1. The lowest BCUT2D eigenvalue weighted by molar-refractivity contribution is -0.144. The fourth-order valence-corrected chi connectivity index (χ4v) is 5.23. The maximum Gasteiger partial charge on any atom is 0.292 e. The van der Waals surface area contributed by atoms with E-state index >= 15 is 0 Å². The van der Waals surface area contributed by atoms with Crippen molar-refractivity contribution in [3.05, 3.63) is 53.5 Å². The average molecular weight is 451 g/mol. The van der Waals surface area contributed by atoms with E-state index in [9.17, 15) is 19.2 Å². The number of likely N-dealkylation sites (tertiary alicyclic amines) is 1. The van der Waals surface area contributed by atoms with Crippen molar-refractivity contribution in [2.24, 2.45) is 5.92 Å². The number of morpholine rings is 1. The van der Waals surface area contributed by atoms with Gasteiger partial charge in [0.25, 0.3) is 11.8 Å². The number of hydrogen-bond acceptors (Lipinski definition) is 7. The summed E-state index contributed by atoms with van der Waals surface area (Å²) in [6.07, 6.45) is 0. The highest BCUT2D eigenvalue weighted by Gasteiger charge is 2.70. The number of fused-ring (bicyclic) bond motifs is 2. The number of rotatable bonds is 5. The first-order chi connectivity index (χ1) is 15.9. The number of para-hydroxylation sites is 1. The summed E-state index contributed by atoms with van der Waals surface area (Å²) in [4.78, 5) is 59.0. The van der Waals surface area contributed by atoms with Gasteiger partial charge in [-0.1, -0.05) is 18.2 Å². The van der Waals surface area contributed by atoms with Gasteiger partial charge in [0, 0.05) is 44.5 Å². The second-order valence-electron chi connectivity index (χ2n) is 8.63. The van der Waals surface area contributed by atoms with E-state index in [1.807, 2.05) is 0 Å². The van der Waals surface area contributed by atoms with E-state index in [4.69, 9.17) is 9.15 Å². The van der Waals surface area contributed by atoms with Crippen LogP contribution in [0.15, 0.2) is 40.8 Å². The minimum atomic E-state index is -1.73. The molecule has 3 aliphatic rings. The fourth-order valence-electron chi connectivity index (χ4n) is 5.23. The Bertz CT molecular complexity index is 1150. The molecule has 1 spiro atoms. The van der Waals surface area contributed by atoms with Gasteiger partial charge in [0.15, 0.2) is 11.3 Å². The summed E-state index contributed by atoms with van der Waals surface area (Å²) in [6, 6.07) is 10.1. The van der Waals surface area contributed by atoms with E-state index < -0.39 is 34.8 Å². The minimum absolute atomic E-state index is 0.0344. The normalized spacial score (nSPS) is 25.4. The molecule has 2 unspecified atom stereocenters. The highest BCUT2D eigenvalue weighted by atomic mass is 16.5. The standard InChI is InChI=1S/C24H25N3O6/c1-15-7-8-18(33-15)20(28)19-21(29)22(30)27(10-9-26-11-13-32-14-12-26)24(19)16-5-3-4-6-17(16)25(2)23(24)31/h3-8,19H,9-14H2,1-2H3. The molecule has 1 aromatic heterocycles. The molecule has 2 saturated heterocycles. The molecule has 2 fully saturated rings. The van der Waals surface area contributed by atoms with E-state index in [0.717, 1.165) is 0 Å². The van der Waals surface area contributed by atoms with Crippen LogP contribution in [0.25, 0.3) is 0 Å². The molecule has 9 nitrogen and oxygen atoms in total. The van der Waals surface area contributed by atoms with Crippen LogP contribution in [-0.2, 0) is 24.7 Å². The van der Waals surface area contributed by atoms with E-state index in [2.05, 4.69) is 4.90 Å². The maximum atomic E-state index is 13.9. The van der Waals surface area contributed by atoms with Gasteiger partial charge in [-0.2, -0.15) is 0 Å². The summed E-state index contributed by atoms with van der Waals surface area (Å²) in [6.45, 7) is 4.85. The Labute approximate surface area is 190 Å². The Morgan fingerprint density at radius 1 is 1.06 bits per heavy atom. The Hall–Kier alpha value is -3.30. The second kappa shape index (κ2) is 7.93. The van der Waals surface area contributed by atoms with E-state index in [0.29, 0.717) is 49.9 Å². The van der Waals surface area contributed by atoms with Crippen molar-refractivity contribution >= 4 is 29.1 Å². The number of aryl methyl sites for hydroxylation is 1. The number of anilines is 1. The maximum absolute atomic E-state index is 13.9. The summed E-state index contributed by atoms with van der Waals surface area (Å²) in [5.41, 5.74) is -0.668. The smallest absolute Gasteiger partial charge is 0.292 e. The molecular formula is C24H25N3O6. The molecule has 0 radical (unpaired) electrons. The molecular weight excluding hydrogens is 426 g/mol. The molecule has 33 heavy (non-hydrogen) atoms. The molecule has 3 aliphatic heterocycles. The number of furan rings is 1. The van der Waals surface area contributed by atoms with Crippen molar-refractivity contribution in [2.75, 3.05) is 51.3 Å². The second-order valence-corrected chi connectivity index (χ2v) is 8.63. The third-order valence-electron chi connectivity index (χ3n) is 6.86. The summed E-state index contributed by atoms with van der Waals surface area (Å²) in [5.74, 6) is -3.87. The molecule has 5 rings (SSSR count). The van der Waals surface area contributed by atoms with Crippen LogP contribution in [0.1, 0.15) is 21.9 Å². The lowest BCUT2D eigenvalue weighted by Crippen LogP contribution is -2.56. The molecule has 9 heteroatoms. The molecule has 1 aromatic carbocycles. The Morgan fingerprint density at radius 2 is 1.79 bits per heavy atom. The van der Waals surface area contributed by atoms with Gasteiger partial charge < -0.3 is 19.0 Å². The van der Waals surface area contributed by atoms with Gasteiger partial charge in [-0.3, -0.25) is 24.1 Å². The molecule has 0 saturated carbocycles. The van der Waals surface area contributed by atoms with Crippen molar-refractivity contribution < 1.29 is 28.3 Å². The number of hydrogen-bond donors (Lipinski definition) is 0. The summed E-state index contributed by atoms with van der Waals surface area (Å²) in [7, 11) is 1.60. The fraction of sp³-hybridized carbons (Fsp3) is 0.417. The monoisotopic (exact) mass is 451 g/mol. The SMILES string of the molecule is Cc1ccc(C(=O)C2C(=O)C(=O)N(CCN3CCOCC3)C23C(=O)N(C)c2ccccc23)o1. The van der Waals surface area contributed by atoms with Crippen LogP contribution in [0.5, 0.6) is 0 Å². The number of benzene rings is 1. The zero-order valence-corrected chi connectivity index (χ0v) is 18.6. The first kappa shape index (κ1) is 21.5. The summed E-state index contributed by atoms with van der Waals surface area (Å²) < 4.78 is 10.9. The number of ketones is 2. The summed E-state index contributed by atoms with van der Waals surface area (Å²) in [5, 5.41) is 0. The Kier molecular flexibility index (Phi) is 5.18. The number of nitrogens with zero attached hydrogens (tertiary/aromatic N) is 3. The predicted octanol–water partition coefficient (Wildman–Crippen LogP) is 1.00. The molecule has 0 N–H and O–H groups in total. The van der Waals surface area contributed by atoms with Crippen LogP contribution >= 0.6 is 0 Å². The third kappa shape index (κ3) is 3.07. The first-order valence-electron chi connectivity index (χ1n) is 11.0. The molecule has 0 bridgehead atoms. The van der Waals surface area contributed by atoms with Crippen molar-refractivity contribution in [1.29, 1.82) is 0 Å². The van der Waals surface area contributed by atoms with E-state index in [1.54, 1.807) is 44.3 Å².